The fraction of sp³-hybridized carbons (Fsp3) is 0.111. The van der Waals surface area contributed by atoms with E-state index in [4.69, 9.17) is 16.7 Å². The van der Waals surface area contributed by atoms with E-state index in [0.29, 0.717) is 5.02 Å². The minimum absolute atomic E-state index is 0.102. The van der Waals surface area contributed by atoms with E-state index in [0.717, 1.165) is 27.1 Å². The molecule has 3 nitrogen and oxygen atoms in total. The normalized spacial score (nSPS) is 10.7. The molecule has 0 aliphatic carbocycles. The summed E-state index contributed by atoms with van der Waals surface area (Å²) in [5.41, 5.74) is 1.62. The molecule has 0 saturated heterocycles. The second-order valence-electron chi connectivity index (χ2n) is 2.89. The second kappa shape index (κ2) is 3.22. The van der Waals surface area contributed by atoms with Crippen LogP contribution in [0.2, 0.25) is 5.02 Å². The Balaban J connectivity index is 2.76. The zero-order valence-electron chi connectivity index (χ0n) is 7.24. The van der Waals surface area contributed by atoms with Crippen molar-refractivity contribution in [2.75, 3.05) is 0 Å². The van der Waals surface area contributed by atoms with E-state index in [1.165, 1.54) is 0 Å². The summed E-state index contributed by atoms with van der Waals surface area (Å²) in [6.07, 6.45) is 0. The van der Waals surface area contributed by atoms with Gasteiger partial charge in [0.1, 0.15) is 0 Å². The number of benzene rings is 1. The van der Waals surface area contributed by atoms with Crippen molar-refractivity contribution < 1.29 is 9.90 Å². The lowest BCUT2D eigenvalue weighted by atomic mass is 10.2. The zero-order chi connectivity index (χ0) is 10.3. The predicted octanol–water partition coefficient (Wildman–Crippen LogP) is 2.96. The Morgan fingerprint density at radius 1 is 1.57 bits per heavy atom. The Labute approximate surface area is 89.0 Å². The molecule has 0 aliphatic rings. The number of carboxylic acids is 1. The third-order valence-corrected chi connectivity index (χ3v) is 3.04. The number of rotatable bonds is 1. The highest BCUT2D eigenvalue weighted by molar-refractivity contribution is 7.20. The molecule has 1 heterocycles. The third-order valence-electron chi connectivity index (χ3n) is 1.83. The number of carbonyl (C=O) groups is 1. The van der Waals surface area contributed by atoms with Crippen molar-refractivity contribution in [2.45, 2.75) is 6.92 Å². The number of hydrogen-bond donors (Lipinski definition) is 1. The number of aromatic nitrogens is 1. The summed E-state index contributed by atoms with van der Waals surface area (Å²) in [5.74, 6) is -0.998. The van der Waals surface area contributed by atoms with Gasteiger partial charge in [-0.3, -0.25) is 0 Å². The van der Waals surface area contributed by atoms with Gasteiger partial charge in [-0.1, -0.05) is 11.6 Å². The first kappa shape index (κ1) is 9.43. The van der Waals surface area contributed by atoms with Crippen molar-refractivity contribution in [3.63, 3.8) is 0 Å². The third kappa shape index (κ3) is 1.47. The number of hydrogen-bond acceptors (Lipinski definition) is 3. The van der Waals surface area contributed by atoms with Crippen LogP contribution in [0.25, 0.3) is 10.2 Å². The number of carboxylic acid groups (broad SMARTS) is 1. The average molecular weight is 228 g/mol. The van der Waals surface area contributed by atoms with Crippen LogP contribution >= 0.6 is 22.9 Å². The fourth-order valence-corrected chi connectivity index (χ4v) is 2.51. The Bertz CT molecular complexity index is 521. The highest BCUT2D eigenvalue weighted by Crippen LogP contribution is 2.28. The van der Waals surface area contributed by atoms with E-state index in [9.17, 15) is 4.79 Å². The topological polar surface area (TPSA) is 50.2 Å². The van der Waals surface area contributed by atoms with E-state index < -0.39 is 5.97 Å². The fourth-order valence-electron chi connectivity index (χ4n) is 1.25. The quantitative estimate of drug-likeness (QED) is 0.815. The van der Waals surface area contributed by atoms with Crippen LogP contribution in [0.3, 0.4) is 0 Å². The van der Waals surface area contributed by atoms with Crippen LogP contribution in [0, 0.1) is 6.92 Å². The van der Waals surface area contributed by atoms with E-state index >= 15 is 0 Å². The molecule has 0 atom stereocenters. The van der Waals surface area contributed by atoms with E-state index in [-0.39, 0.29) is 5.01 Å². The number of halogens is 1. The molecular weight excluding hydrogens is 222 g/mol. The maximum absolute atomic E-state index is 10.7. The molecule has 2 rings (SSSR count). The first-order chi connectivity index (χ1) is 6.58. The number of nitrogens with zero attached hydrogens (tertiary/aromatic N) is 1. The van der Waals surface area contributed by atoms with Crippen LogP contribution < -0.4 is 0 Å². The molecule has 0 bridgehead atoms. The van der Waals surface area contributed by atoms with Crippen LogP contribution in [0.1, 0.15) is 15.4 Å². The van der Waals surface area contributed by atoms with E-state index in [1.54, 1.807) is 12.1 Å². The SMILES string of the molecule is Cc1cc(Cl)cc2sc(C(=O)O)nc12. The largest absolute Gasteiger partial charge is 0.476 e. The van der Waals surface area contributed by atoms with Gasteiger partial charge in [-0.05, 0) is 24.6 Å². The highest BCUT2D eigenvalue weighted by atomic mass is 35.5. The summed E-state index contributed by atoms with van der Waals surface area (Å²) < 4.78 is 0.812. The minimum Gasteiger partial charge on any atom is -0.476 e. The van der Waals surface area contributed by atoms with Crippen LogP contribution in [0.15, 0.2) is 12.1 Å². The molecule has 0 amide bonds. The van der Waals surface area contributed by atoms with Gasteiger partial charge < -0.3 is 5.11 Å². The molecule has 1 aromatic carbocycles. The van der Waals surface area contributed by atoms with Crippen molar-refractivity contribution in [1.29, 1.82) is 0 Å². The molecule has 2 aromatic rings. The Morgan fingerprint density at radius 3 is 2.93 bits per heavy atom. The lowest BCUT2D eigenvalue weighted by Gasteiger charge is -1.94. The maximum atomic E-state index is 10.7. The molecule has 0 fully saturated rings. The molecule has 5 heteroatoms. The van der Waals surface area contributed by atoms with Crippen LogP contribution in [-0.4, -0.2) is 16.1 Å². The van der Waals surface area contributed by atoms with Gasteiger partial charge in [0.2, 0.25) is 5.01 Å². The van der Waals surface area contributed by atoms with Crippen molar-refractivity contribution in [1.82, 2.24) is 4.98 Å². The molecule has 72 valence electrons. The molecule has 1 aromatic heterocycles. The van der Waals surface area contributed by atoms with Crippen molar-refractivity contribution in [3.05, 3.63) is 27.7 Å². The van der Waals surface area contributed by atoms with Crippen molar-refractivity contribution >= 4 is 39.1 Å². The van der Waals surface area contributed by atoms with E-state index in [1.807, 2.05) is 6.92 Å². The van der Waals surface area contributed by atoms with Gasteiger partial charge in [-0.15, -0.1) is 11.3 Å². The zero-order valence-corrected chi connectivity index (χ0v) is 8.82. The predicted molar refractivity (Wildman–Crippen MR) is 56.3 cm³/mol. The number of aryl methyl sites for hydroxylation is 1. The molecule has 0 saturated carbocycles. The summed E-state index contributed by atoms with van der Waals surface area (Å²) in [7, 11) is 0. The Kier molecular flexibility index (Phi) is 2.17. The maximum Gasteiger partial charge on any atom is 0.365 e. The first-order valence-electron chi connectivity index (χ1n) is 3.88. The van der Waals surface area contributed by atoms with Crippen molar-refractivity contribution in [3.8, 4) is 0 Å². The summed E-state index contributed by atoms with van der Waals surface area (Å²) in [6, 6.07) is 3.50. The van der Waals surface area contributed by atoms with Crippen LogP contribution in [0.5, 0.6) is 0 Å². The molecule has 0 aliphatic heterocycles. The summed E-state index contributed by atoms with van der Waals surface area (Å²) in [5, 5.41) is 9.47. The van der Waals surface area contributed by atoms with Gasteiger partial charge in [-0.25, -0.2) is 9.78 Å². The van der Waals surface area contributed by atoms with E-state index in [2.05, 4.69) is 4.98 Å². The summed E-state index contributed by atoms with van der Waals surface area (Å²) >= 11 is 6.98. The lowest BCUT2D eigenvalue weighted by molar-refractivity contribution is 0.0696. The minimum atomic E-state index is -0.998. The smallest absolute Gasteiger partial charge is 0.365 e. The van der Waals surface area contributed by atoms with Gasteiger partial charge in [0.05, 0.1) is 10.2 Å². The molecule has 1 N–H and O–H groups in total. The Hall–Kier alpha value is -1.13. The average Bonchev–Trinajstić information content (AvgIpc) is 2.47. The lowest BCUT2D eigenvalue weighted by Crippen LogP contribution is -1.93. The molecule has 0 radical (unpaired) electrons. The van der Waals surface area contributed by atoms with Crippen LogP contribution in [0.4, 0.5) is 0 Å². The Morgan fingerprint density at radius 2 is 2.29 bits per heavy atom. The van der Waals surface area contributed by atoms with Gasteiger partial charge in [0, 0.05) is 5.02 Å². The van der Waals surface area contributed by atoms with Gasteiger partial charge >= 0.3 is 5.97 Å². The first-order valence-corrected chi connectivity index (χ1v) is 5.07. The summed E-state index contributed by atoms with van der Waals surface area (Å²) in [6.45, 7) is 1.86. The molecule has 0 unspecified atom stereocenters. The molecule has 14 heavy (non-hydrogen) atoms. The highest BCUT2D eigenvalue weighted by Gasteiger charge is 2.12. The molecular formula is C9H6ClNO2S. The monoisotopic (exact) mass is 227 g/mol. The number of fused-ring (bicyclic) bond motifs is 1. The van der Waals surface area contributed by atoms with Gasteiger partial charge in [0.15, 0.2) is 0 Å². The van der Waals surface area contributed by atoms with Crippen molar-refractivity contribution in [2.24, 2.45) is 0 Å². The van der Waals surface area contributed by atoms with Gasteiger partial charge in [0.25, 0.3) is 0 Å². The standard InChI is InChI=1S/C9H6ClNO2S/c1-4-2-5(10)3-6-7(4)11-8(14-6)9(12)13/h2-3H,1H3,(H,12,13). The number of aromatic carboxylic acids is 1. The van der Waals surface area contributed by atoms with Gasteiger partial charge in [-0.2, -0.15) is 0 Å². The number of thiazole rings is 1. The van der Waals surface area contributed by atoms with Crippen LogP contribution in [-0.2, 0) is 0 Å². The second-order valence-corrected chi connectivity index (χ2v) is 4.36. The molecule has 0 spiro atoms. The summed E-state index contributed by atoms with van der Waals surface area (Å²) in [4.78, 5) is 14.7.